The quantitative estimate of drug-likeness (QED) is 0.461. The lowest BCUT2D eigenvalue weighted by Crippen LogP contribution is -2.22. The van der Waals surface area contributed by atoms with Crippen LogP contribution in [-0.4, -0.2) is 5.38 Å². The van der Waals surface area contributed by atoms with Crippen molar-refractivity contribution in [3.63, 3.8) is 0 Å². The predicted octanol–water partition coefficient (Wildman–Crippen LogP) is 3.19. The maximum Gasteiger partial charge on any atom is 0.0341 e. The summed E-state index contributed by atoms with van der Waals surface area (Å²) in [5.41, 5.74) is 0.519. The summed E-state index contributed by atoms with van der Waals surface area (Å²) in [5.74, 6) is 0. The van der Waals surface area contributed by atoms with Crippen LogP contribution in [0.5, 0.6) is 0 Å². The Balaban J connectivity index is 2.41. The van der Waals surface area contributed by atoms with E-state index in [2.05, 4.69) is 13.8 Å². The minimum Gasteiger partial charge on any atom is -0.123 e. The van der Waals surface area contributed by atoms with Gasteiger partial charge in [0.25, 0.3) is 0 Å². The summed E-state index contributed by atoms with van der Waals surface area (Å²) in [6, 6.07) is 0. The lowest BCUT2D eigenvalue weighted by molar-refractivity contribution is 0.248. The van der Waals surface area contributed by atoms with Gasteiger partial charge in [-0.3, -0.25) is 0 Å². The molecule has 54 valence electrons. The first kappa shape index (κ1) is 7.40. The molecule has 0 saturated heterocycles. The third-order valence-electron chi connectivity index (χ3n) is 2.14. The monoisotopic (exact) mass is 146 g/mol. The van der Waals surface area contributed by atoms with Gasteiger partial charge in [0.05, 0.1) is 0 Å². The number of alkyl halides is 1. The Kier molecular flexibility index (Phi) is 2.05. The van der Waals surface area contributed by atoms with Gasteiger partial charge in [0.15, 0.2) is 0 Å². The van der Waals surface area contributed by atoms with Crippen LogP contribution >= 0.6 is 11.6 Å². The van der Waals surface area contributed by atoms with Crippen LogP contribution in [0, 0.1) is 5.41 Å². The molecule has 1 unspecified atom stereocenters. The van der Waals surface area contributed by atoms with Gasteiger partial charge in [-0.2, -0.15) is 0 Å². The molecular weight excluding hydrogens is 132 g/mol. The molecule has 0 amide bonds. The van der Waals surface area contributed by atoms with Crippen LogP contribution in [0.15, 0.2) is 0 Å². The fourth-order valence-electron chi connectivity index (χ4n) is 1.61. The van der Waals surface area contributed by atoms with E-state index in [9.17, 15) is 0 Å². The molecule has 1 saturated carbocycles. The molecule has 0 aromatic heterocycles. The molecule has 0 nitrogen and oxygen atoms in total. The Labute approximate surface area is 62.6 Å². The molecule has 0 aromatic carbocycles. The molecular formula is C8H15Cl. The second kappa shape index (κ2) is 2.49. The van der Waals surface area contributed by atoms with E-state index < -0.39 is 0 Å². The van der Waals surface area contributed by atoms with Crippen LogP contribution in [0.3, 0.4) is 0 Å². The summed E-state index contributed by atoms with van der Waals surface area (Å²) in [6.07, 6.45) is 5.11. The first-order valence-electron chi connectivity index (χ1n) is 3.74. The van der Waals surface area contributed by atoms with Crippen molar-refractivity contribution in [1.82, 2.24) is 0 Å². The summed E-state index contributed by atoms with van der Waals surface area (Å²) >= 11 is 6.00. The highest BCUT2D eigenvalue weighted by atomic mass is 35.5. The minimum atomic E-state index is 0.453. The summed E-state index contributed by atoms with van der Waals surface area (Å²) in [4.78, 5) is 0. The molecule has 1 atom stereocenters. The van der Waals surface area contributed by atoms with Crippen molar-refractivity contribution in [1.29, 1.82) is 0 Å². The fraction of sp³-hybridized carbons (Fsp3) is 1.00. The molecule has 1 fully saturated rings. The van der Waals surface area contributed by atoms with Gasteiger partial charge in [-0.25, -0.2) is 0 Å². The van der Waals surface area contributed by atoms with E-state index in [1.165, 1.54) is 25.7 Å². The maximum absolute atomic E-state index is 6.00. The molecule has 9 heavy (non-hydrogen) atoms. The van der Waals surface area contributed by atoms with Crippen molar-refractivity contribution in [3.8, 4) is 0 Å². The molecule has 0 spiro atoms. The molecule has 0 N–H and O–H groups in total. The van der Waals surface area contributed by atoms with Crippen LogP contribution in [0.4, 0.5) is 0 Å². The summed E-state index contributed by atoms with van der Waals surface area (Å²) < 4.78 is 0. The summed E-state index contributed by atoms with van der Waals surface area (Å²) in [5, 5.41) is 0.453. The van der Waals surface area contributed by atoms with Crippen molar-refractivity contribution in [2.75, 3.05) is 0 Å². The van der Waals surface area contributed by atoms with Gasteiger partial charge in [0.1, 0.15) is 0 Å². The zero-order chi connectivity index (χ0) is 6.91. The smallest absolute Gasteiger partial charge is 0.0341 e. The van der Waals surface area contributed by atoms with Gasteiger partial charge in [0.2, 0.25) is 0 Å². The standard InChI is InChI=1S/C8H15Cl/c1-8(2)5-3-4-7(9)6-8/h7H,3-6H2,1-2H3. The highest BCUT2D eigenvalue weighted by Crippen LogP contribution is 2.37. The van der Waals surface area contributed by atoms with E-state index in [1.807, 2.05) is 0 Å². The molecule has 1 aliphatic carbocycles. The Hall–Kier alpha value is 0.290. The Morgan fingerprint density at radius 1 is 1.44 bits per heavy atom. The molecule has 0 heterocycles. The number of rotatable bonds is 0. The first-order chi connectivity index (χ1) is 4.10. The summed E-state index contributed by atoms with van der Waals surface area (Å²) in [6.45, 7) is 4.61. The average molecular weight is 147 g/mol. The van der Waals surface area contributed by atoms with Crippen molar-refractivity contribution >= 4 is 11.6 Å². The Morgan fingerprint density at radius 2 is 2.11 bits per heavy atom. The SMILES string of the molecule is CC1(C)CCCC(Cl)C1. The van der Waals surface area contributed by atoms with Crippen LogP contribution in [-0.2, 0) is 0 Å². The van der Waals surface area contributed by atoms with Crippen LogP contribution in [0.2, 0.25) is 0 Å². The second-order valence-corrected chi connectivity index (χ2v) is 4.48. The average Bonchev–Trinajstić information content (AvgIpc) is 1.60. The Morgan fingerprint density at radius 3 is 2.44 bits per heavy atom. The molecule has 0 aromatic rings. The number of halogens is 1. The molecule has 0 aliphatic heterocycles. The van der Waals surface area contributed by atoms with E-state index in [0.29, 0.717) is 10.8 Å². The molecule has 0 bridgehead atoms. The lowest BCUT2D eigenvalue weighted by atomic mass is 9.77. The molecule has 1 heteroatoms. The second-order valence-electron chi connectivity index (χ2n) is 3.86. The van der Waals surface area contributed by atoms with Gasteiger partial charge < -0.3 is 0 Å². The van der Waals surface area contributed by atoms with Gasteiger partial charge in [0, 0.05) is 5.38 Å². The first-order valence-corrected chi connectivity index (χ1v) is 4.18. The van der Waals surface area contributed by atoms with E-state index >= 15 is 0 Å². The normalized spacial score (nSPS) is 34.3. The third-order valence-corrected chi connectivity index (χ3v) is 2.52. The zero-order valence-electron chi connectivity index (χ0n) is 6.28. The van der Waals surface area contributed by atoms with Crippen LogP contribution in [0.25, 0.3) is 0 Å². The van der Waals surface area contributed by atoms with Gasteiger partial charge >= 0.3 is 0 Å². The van der Waals surface area contributed by atoms with E-state index in [-0.39, 0.29) is 0 Å². The van der Waals surface area contributed by atoms with Crippen LogP contribution < -0.4 is 0 Å². The number of hydrogen-bond acceptors (Lipinski definition) is 0. The van der Waals surface area contributed by atoms with E-state index in [4.69, 9.17) is 11.6 Å². The van der Waals surface area contributed by atoms with E-state index in [0.717, 1.165) is 0 Å². The van der Waals surface area contributed by atoms with Gasteiger partial charge in [-0.1, -0.05) is 20.3 Å². The Bertz CT molecular complexity index is 96.7. The largest absolute Gasteiger partial charge is 0.123 e. The van der Waals surface area contributed by atoms with Crippen molar-refractivity contribution in [3.05, 3.63) is 0 Å². The van der Waals surface area contributed by atoms with Crippen molar-refractivity contribution in [2.45, 2.75) is 44.9 Å². The molecule has 1 aliphatic rings. The predicted molar refractivity (Wildman–Crippen MR) is 41.9 cm³/mol. The van der Waals surface area contributed by atoms with Crippen molar-refractivity contribution < 1.29 is 0 Å². The highest BCUT2D eigenvalue weighted by Gasteiger charge is 2.26. The topological polar surface area (TPSA) is 0 Å². The van der Waals surface area contributed by atoms with Gasteiger partial charge in [-0.05, 0) is 24.7 Å². The van der Waals surface area contributed by atoms with Gasteiger partial charge in [-0.15, -0.1) is 11.6 Å². The maximum atomic E-state index is 6.00. The van der Waals surface area contributed by atoms with E-state index in [1.54, 1.807) is 0 Å². The zero-order valence-corrected chi connectivity index (χ0v) is 7.04. The minimum absolute atomic E-state index is 0.453. The third kappa shape index (κ3) is 2.17. The summed E-state index contributed by atoms with van der Waals surface area (Å²) in [7, 11) is 0. The molecule has 0 radical (unpaired) electrons. The number of hydrogen-bond donors (Lipinski definition) is 0. The molecule has 1 rings (SSSR count). The van der Waals surface area contributed by atoms with Crippen LogP contribution in [0.1, 0.15) is 39.5 Å². The lowest BCUT2D eigenvalue weighted by Gasteiger charge is -2.32. The fourth-order valence-corrected chi connectivity index (χ4v) is 2.18. The highest BCUT2D eigenvalue weighted by molar-refractivity contribution is 6.20. The van der Waals surface area contributed by atoms with Crippen molar-refractivity contribution in [2.24, 2.45) is 5.41 Å².